The molecule has 0 aliphatic carbocycles. The number of nitrogens with one attached hydrogen (secondary N) is 1. The highest BCUT2D eigenvalue weighted by Gasteiger charge is 2.27. The number of halogens is 1. The fourth-order valence-electron chi connectivity index (χ4n) is 3.13. The minimum Gasteiger partial charge on any atom is -0.454 e. The van der Waals surface area contributed by atoms with Crippen LogP contribution >= 0.6 is 15.9 Å². The Morgan fingerprint density at radius 3 is 2.45 bits per heavy atom. The topological polar surface area (TPSA) is 75.7 Å². The van der Waals surface area contributed by atoms with Gasteiger partial charge in [-0.2, -0.15) is 0 Å². The molecule has 6 nitrogen and oxygen atoms in total. The molecular formula is C21H17BrN2O4S. The van der Waals surface area contributed by atoms with Crippen LogP contribution in [-0.2, 0) is 10.0 Å². The summed E-state index contributed by atoms with van der Waals surface area (Å²) in [6, 6.07) is 18.3. The SMILES string of the molecule is CCN1C(=O)c2cc(NS(=O)(=O)c3ccc(Br)cc3)ccc2Oc2ccccc21. The number of para-hydroxylation sites is 2. The predicted molar refractivity (Wildman–Crippen MR) is 115 cm³/mol. The maximum Gasteiger partial charge on any atom is 0.262 e. The van der Waals surface area contributed by atoms with Crippen LogP contribution in [-0.4, -0.2) is 20.9 Å². The number of sulfonamides is 1. The summed E-state index contributed by atoms with van der Waals surface area (Å²) in [4.78, 5) is 14.9. The van der Waals surface area contributed by atoms with Gasteiger partial charge in [-0.3, -0.25) is 9.52 Å². The summed E-state index contributed by atoms with van der Waals surface area (Å²) in [6.07, 6.45) is 0. The smallest absolute Gasteiger partial charge is 0.262 e. The molecule has 1 heterocycles. The number of anilines is 2. The highest BCUT2D eigenvalue weighted by molar-refractivity contribution is 9.10. The summed E-state index contributed by atoms with van der Waals surface area (Å²) in [6.45, 7) is 2.33. The van der Waals surface area contributed by atoms with Gasteiger partial charge in [0.1, 0.15) is 5.75 Å². The van der Waals surface area contributed by atoms with E-state index in [9.17, 15) is 13.2 Å². The van der Waals surface area contributed by atoms with Gasteiger partial charge >= 0.3 is 0 Å². The van der Waals surface area contributed by atoms with Crippen molar-refractivity contribution in [3.05, 3.63) is 76.8 Å². The molecule has 0 unspecified atom stereocenters. The second kappa shape index (κ2) is 7.53. The summed E-state index contributed by atoms with van der Waals surface area (Å²) < 4.78 is 34.6. The Hall–Kier alpha value is -2.84. The normalized spacial score (nSPS) is 13.2. The zero-order valence-electron chi connectivity index (χ0n) is 15.4. The van der Waals surface area contributed by atoms with Crippen LogP contribution in [0.5, 0.6) is 11.5 Å². The van der Waals surface area contributed by atoms with Crippen molar-refractivity contribution in [1.82, 2.24) is 0 Å². The summed E-state index contributed by atoms with van der Waals surface area (Å²) in [5.74, 6) is 0.701. The second-order valence-corrected chi connectivity index (χ2v) is 8.99. The Balaban J connectivity index is 1.71. The molecule has 1 amide bonds. The van der Waals surface area contributed by atoms with E-state index >= 15 is 0 Å². The molecule has 0 aromatic heterocycles. The standard InChI is InChI=1S/C21H17BrN2O4S/c1-2-24-18-5-3-4-6-20(18)28-19-12-9-15(13-17(19)21(24)25)23-29(26,27)16-10-7-14(22)8-11-16/h3-13,23H,2H2,1H3. The highest BCUT2D eigenvalue weighted by Crippen LogP contribution is 2.39. The average molecular weight is 473 g/mol. The minimum absolute atomic E-state index is 0.126. The van der Waals surface area contributed by atoms with Gasteiger partial charge < -0.3 is 9.64 Å². The second-order valence-electron chi connectivity index (χ2n) is 6.39. The van der Waals surface area contributed by atoms with Gasteiger partial charge in [-0.25, -0.2) is 8.42 Å². The van der Waals surface area contributed by atoms with E-state index in [4.69, 9.17) is 4.74 Å². The lowest BCUT2D eigenvalue weighted by molar-refractivity contribution is 0.0988. The molecule has 0 bridgehead atoms. The Morgan fingerprint density at radius 2 is 1.72 bits per heavy atom. The van der Waals surface area contributed by atoms with E-state index in [1.54, 1.807) is 35.2 Å². The van der Waals surface area contributed by atoms with Crippen molar-refractivity contribution in [3.8, 4) is 11.5 Å². The number of carbonyl (C=O) groups is 1. The maximum absolute atomic E-state index is 13.1. The van der Waals surface area contributed by atoms with E-state index in [2.05, 4.69) is 20.7 Å². The lowest BCUT2D eigenvalue weighted by Crippen LogP contribution is -2.29. The monoisotopic (exact) mass is 472 g/mol. The maximum atomic E-state index is 13.1. The number of benzene rings is 3. The first-order chi connectivity index (χ1) is 13.9. The molecular weight excluding hydrogens is 456 g/mol. The van der Waals surface area contributed by atoms with Crippen LogP contribution in [0, 0.1) is 0 Å². The average Bonchev–Trinajstić information content (AvgIpc) is 2.82. The van der Waals surface area contributed by atoms with E-state index < -0.39 is 10.0 Å². The lowest BCUT2D eigenvalue weighted by atomic mass is 10.1. The van der Waals surface area contributed by atoms with Crippen LogP contribution < -0.4 is 14.4 Å². The quantitative estimate of drug-likeness (QED) is 0.577. The van der Waals surface area contributed by atoms with Crippen molar-refractivity contribution in [2.24, 2.45) is 0 Å². The highest BCUT2D eigenvalue weighted by atomic mass is 79.9. The molecule has 0 atom stereocenters. The zero-order valence-corrected chi connectivity index (χ0v) is 17.8. The van der Waals surface area contributed by atoms with Crippen molar-refractivity contribution < 1.29 is 17.9 Å². The molecule has 1 aliphatic heterocycles. The Labute approximate surface area is 177 Å². The third kappa shape index (κ3) is 3.73. The summed E-state index contributed by atoms with van der Waals surface area (Å²) >= 11 is 3.29. The molecule has 0 saturated carbocycles. The molecule has 0 radical (unpaired) electrons. The fraction of sp³-hybridized carbons (Fsp3) is 0.0952. The number of nitrogens with zero attached hydrogens (tertiary/aromatic N) is 1. The van der Waals surface area contributed by atoms with Crippen LogP contribution in [0.3, 0.4) is 0 Å². The minimum atomic E-state index is -3.79. The fourth-order valence-corrected chi connectivity index (χ4v) is 4.44. The van der Waals surface area contributed by atoms with Crippen LogP contribution in [0.1, 0.15) is 17.3 Å². The molecule has 4 rings (SSSR count). The summed E-state index contributed by atoms with van der Waals surface area (Å²) in [5, 5.41) is 0. The first kappa shape index (κ1) is 19.5. The van der Waals surface area contributed by atoms with E-state index in [0.29, 0.717) is 29.3 Å². The van der Waals surface area contributed by atoms with E-state index in [0.717, 1.165) is 4.47 Å². The molecule has 1 N–H and O–H groups in total. The van der Waals surface area contributed by atoms with Gasteiger partial charge in [0.2, 0.25) is 0 Å². The Bertz CT molecular complexity index is 1190. The first-order valence-corrected chi connectivity index (χ1v) is 11.2. The lowest BCUT2D eigenvalue weighted by Gasteiger charge is -2.20. The molecule has 3 aromatic carbocycles. The molecule has 3 aromatic rings. The van der Waals surface area contributed by atoms with Crippen molar-refractivity contribution in [1.29, 1.82) is 0 Å². The summed E-state index contributed by atoms with van der Waals surface area (Å²) in [5.41, 5.74) is 1.25. The largest absolute Gasteiger partial charge is 0.454 e. The van der Waals surface area contributed by atoms with Gasteiger partial charge in [0.25, 0.3) is 15.9 Å². The van der Waals surface area contributed by atoms with Crippen molar-refractivity contribution in [3.63, 3.8) is 0 Å². The molecule has 148 valence electrons. The Kier molecular flexibility index (Phi) is 5.06. The van der Waals surface area contributed by atoms with Crippen LogP contribution in [0.15, 0.2) is 76.1 Å². The molecule has 29 heavy (non-hydrogen) atoms. The third-order valence-corrected chi connectivity index (χ3v) is 6.45. The Morgan fingerprint density at radius 1 is 1.00 bits per heavy atom. The number of carbonyl (C=O) groups excluding carboxylic acids is 1. The third-order valence-electron chi connectivity index (χ3n) is 4.52. The number of amides is 1. The van der Waals surface area contributed by atoms with E-state index in [-0.39, 0.29) is 16.5 Å². The number of rotatable bonds is 4. The first-order valence-electron chi connectivity index (χ1n) is 8.90. The molecule has 0 saturated heterocycles. The van der Waals surface area contributed by atoms with Crippen molar-refractivity contribution in [2.75, 3.05) is 16.2 Å². The number of hydrogen-bond donors (Lipinski definition) is 1. The van der Waals surface area contributed by atoms with Gasteiger partial charge in [-0.1, -0.05) is 28.1 Å². The predicted octanol–water partition coefficient (Wildman–Crippen LogP) is 5.02. The molecule has 0 spiro atoms. The molecule has 1 aliphatic rings. The molecule has 8 heteroatoms. The summed E-state index contributed by atoms with van der Waals surface area (Å²) in [7, 11) is -3.79. The zero-order chi connectivity index (χ0) is 20.6. The van der Waals surface area contributed by atoms with E-state index in [1.165, 1.54) is 18.2 Å². The van der Waals surface area contributed by atoms with E-state index in [1.807, 2.05) is 25.1 Å². The number of ether oxygens (including phenoxy) is 1. The van der Waals surface area contributed by atoms with Gasteiger partial charge in [0, 0.05) is 16.7 Å². The molecule has 0 fully saturated rings. The van der Waals surface area contributed by atoms with Gasteiger partial charge in [0.15, 0.2) is 5.75 Å². The van der Waals surface area contributed by atoms with Crippen LogP contribution in [0.25, 0.3) is 0 Å². The van der Waals surface area contributed by atoms with Crippen molar-refractivity contribution >= 4 is 43.2 Å². The van der Waals surface area contributed by atoms with Crippen LogP contribution in [0.4, 0.5) is 11.4 Å². The van der Waals surface area contributed by atoms with Crippen molar-refractivity contribution in [2.45, 2.75) is 11.8 Å². The van der Waals surface area contributed by atoms with Crippen LogP contribution in [0.2, 0.25) is 0 Å². The number of hydrogen-bond acceptors (Lipinski definition) is 4. The number of fused-ring (bicyclic) bond motifs is 2. The van der Waals surface area contributed by atoms with Gasteiger partial charge in [-0.15, -0.1) is 0 Å². The van der Waals surface area contributed by atoms with Gasteiger partial charge in [-0.05, 0) is 61.5 Å². The van der Waals surface area contributed by atoms with Gasteiger partial charge in [0.05, 0.1) is 16.1 Å².